The molecule has 0 fully saturated rings. The zero-order valence-electron chi connectivity index (χ0n) is 23.5. The third-order valence-corrected chi connectivity index (χ3v) is 6.25. The summed E-state index contributed by atoms with van der Waals surface area (Å²) in [7, 11) is 5.46. The second-order valence-electron chi connectivity index (χ2n) is 8.77. The third-order valence-electron chi connectivity index (χ3n) is 6.25. The van der Waals surface area contributed by atoms with Gasteiger partial charge in [0.25, 0.3) is 0 Å². The number of hydrogen-bond acceptors (Lipinski definition) is 7. The number of aryl methyl sites for hydroxylation is 1. The number of aromatic carboxylic acids is 1. The van der Waals surface area contributed by atoms with Gasteiger partial charge in [0, 0.05) is 11.1 Å². The van der Waals surface area contributed by atoms with Crippen molar-refractivity contribution < 1.29 is 47.2 Å². The molecule has 0 amide bonds. The number of halogens is 2. The van der Waals surface area contributed by atoms with Crippen molar-refractivity contribution in [1.29, 1.82) is 0 Å². The second-order valence-corrected chi connectivity index (χ2v) is 8.77. The van der Waals surface area contributed by atoms with E-state index in [1.54, 1.807) is 30.3 Å². The van der Waals surface area contributed by atoms with Crippen LogP contribution in [-0.2, 0) is 9.47 Å². The lowest BCUT2D eigenvalue weighted by molar-refractivity contribution is 0.0591. The van der Waals surface area contributed by atoms with E-state index in [2.05, 4.69) is 9.47 Å². The maximum atomic E-state index is 14.1. The average Bonchev–Trinajstić information content (AvgIpc) is 3.01. The van der Waals surface area contributed by atoms with E-state index in [9.17, 15) is 23.2 Å². The molecule has 0 spiro atoms. The predicted molar refractivity (Wildman–Crippen MR) is 151 cm³/mol. The van der Waals surface area contributed by atoms with E-state index >= 15 is 0 Å². The molecule has 10 heteroatoms. The molecule has 42 heavy (non-hydrogen) atoms. The molecule has 0 bridgehead atoms. The monoisotopic (exact) mass is 578 g/mol. The summed E-state index contributed by atoms with van der Waals surface area (Å²) in [5.41, 5.74) is 2.62. The first-order chi connectivity index (χ1) is 20.0. The van der Waals surface area contributed by atoms with Crippen LogP contribution in [-0.4, -0.2) is 51.5 Å². The summed E-state index contributed by atoms with van der Waals surface area (Å²) in [5, 5.41) is 9.02. The van der Waals surface area contributed by atoms with E-state index in [-0.39, 0.29) is 28.1 Å². The Balaban J connectivity index is 0.000000231. The number of hydrogen-bond donors (Lipinski definition) is 1. The quantitative estimate of drug-likeness (QED) is 0.245. The Morgan fingerprint density at radius 1 is 0.595 bits per heavy atom. The maximum Gasteiger partial charge on any atom is 0.338 e. The topological polar surface area (TPSA) is 108 Å². The third kappa shape index (κ3) is 7.08. The first-order valence-corrected chi connectivity index (χ1v) is 12.4. The van der Waals surface area contributed by atoms with Gasteiger partial charge in [0.1, 0.15) is 23.1 Å². The molecule has 0 atom stereocenters. The minimum absolute atomic E-state index is 0.0328. The zero-order valence-corrected chi connectivity index (χ0v) is 23.5. The Morgan fingerprint density at radius 3 is 1.57 bits per heavy atom. The lowest BCUT2D eigenvalue weighted by Crippen LogP contribution is -2.07. The van der Waals surface area contributed by atoms with Crippen LogP contribution in [0.1, 0.15) is 36.6 Å². The molecule has 0 radical (unpaired) electrons. The highest BCUT2D eigenvalue weighted by Gasteiger charge is 2.19. The van der Waals surface area contributed by atoms with Crippen LogP contribution in [0.4, 0.5) is 8.78 Å². The van der Waals surface area contributed by atoms with Gasteiger partial charge in [-0.25, -0.2) is 23.2 Å². The molecular formula is C32H28F2O8. The van der Waals surface area contributed by atoms with Crippen LogP contribution >= 0.6 is 0 Å². The van der Waals surface area contributed by atoms with E-state index in [4.69, 9.17) is 14.6 Å². The Labute approximate surface area is 241 Å². The minimum atomic E-state index is -1.19. The highest BCUT2D eigenvalue weighted by Crippen LogP contribution is 2.32. The summed E-state index contributed by atoms with van der Waals surface area (Å²) in [6.07, 6.45) is 0. The number of rotatable bonds is 7. The van der Waals surface area contributed by atoms with Crippen molar-refractivity contribution in [2.24, 2.45) is 0 Å². The van der Waals surface area contributed by atoms with Gasteiger partial charge in [-0.2, -0.15) is 0 Å². The van der Waals surface area contributed by atoms with E-state index in [1.807, 2.05) is 6.92 Å². The fourth-order valence-electron chi connectivity index (χ4n) is 4.08. The number of carbonyl (C=O) groups excluding carboxylic acids is 2. The summed E-state index contributed by atoms with van der Waals surface area (Å²) in [4.78, 5) is 34.4. The van der Waals surface area contributed by atoms with Crippen molar-refractivity contribution in [2.75, 3.05) is 28.4 Å². The van der Waals surface area contributed by atoms with Gasteiger partial charge in [0.05, 0.1) is 45.1 Å². The van der Waals surface area contributed by atoms with Crippen molar-refractivity contribution in [2.45, 2.75) is 6.92 Å². The fourth-order valence-corrected chi connectivity index (χ4v) is 4.08. The molecule has 0 saturated heterocycles. The van der Waals surface area contributed by atoms with Gasteiger partial charge in [-0.1, -0.05) is 12.1 Å². The summed E-state index contributed by atoms with van der Waals surface area (Å²) in [6, 6.07) is 17.5. The number of ether oxygens (including phenoxy) is 4. The Bertz CT molecular complexity index is 1630. The molecule has 4 aromatic carbocycles. The van der Waals surface area contributed by atoms with Crippen LogP contribution in [0.15, 0.2) is 72.8 Å². The van der Waals surface area contributed by atoms with Gasteiger partial charge >= 0.3 is 17.9 Å². The molecule has 8 nitrogen and oxygen atoms in total. The number of carboxylic acid groups (broad SMARTS) is 1. The van der Waals surface area contributed by atoms with Crippen LogP contribution in [0.3, 0.4) is 0 Å². The van der Waals surface area contributed by atoms with Gasteiger partial charge in [-0.05, 0) is 84.3 Å². The van der Waals surface area contributed by atoms with Crippen LogP contribution in [0.25, 0.3) is 22.3 Å². The van der Waals surface area contributed by atoms with Crippen molar-refractivity contribution >= 4 is 17.9 Å². The van der Waals surface area contributed by atoms with E-state index in [1.165, 1.54) is 64.8 Å². The second kappa shape index (κ2) is 13.9. The number of benzene rings is 4. The Morgan fingerprint density at radius 2 is 1.10 bits per heavy atom. The standard InChI is InChI=1S/C16H13FO5.C16H15FO3/c1-21-10-4-6-14(17)12(8-10)11-5-3-9(15(18)19)7-13(11)16(20)22-2;1-10-8-11(16(18)20-3)4-6-13(10)14-9-12(19-2)5-7-15(14)17/h3-8H,1-2H3,(H,18,19);4-9H,1-3H3. The summed E-state index contributed by atoms with van der Waals surface area (Å²) < 4.78 is 47.5. The van der Waals surface area contributed by atoms with Gasteiger partial charge in [0.2, 0.25) is 0 Å². The Hall–Kier alpha value is -5.25. The maximum absolute atomic E-state index is 14.1. The van der Waals surface area contributed by atoms with Crippen molar-refractivity contribution in [1.82, 2.24) is 0 Å². The lowest BCUT2D eigenvalue weighted by atomic mass is 9.96. The number of methoxy groups -OCH3 is 4. The molecular weight excluding hydrogens is 550 g/mol. The van der Waals surface area contributed by atoms with E-state index in [0.29, 0.717) is 28.2 Å². The molecule has 0 unspecified atom stereocenters. The lowest BCUT2D eigenvalue weighted by Gasteiger charge is -2.11. The fraction of sp³-hybridized carbons (Fsp3) is 0.156. The largest absolute Gasteiger partial charge is 0.497 e. The molecule has 1 N–H and O–H groups in total. The van der Waals surface area contributed by atoms with Gasteiger partial charge in [-0.15, -0.1) is 0 Å². The van der Waals surface area contributed by atoms with Gasteiger partial charge in [0.15, 0.2) is 0 Å². The van der Waals surface area contributed by atoms with Crippen molar-refractivity contribution in [3.05, 3.63) is 107 Å². The van der Waals surface area contributed by atoms with E-state index < -0.39 is 23.7 Å². The predicted octanol–water partition coefficient (Wildman–Crippen LogP) is 6.58. The van der Waals surface area contributed by atoms with Crippen LogP contribution in [0.2, 0.25) is 0 Å². The molecule has 218 valence electrons. The molecule has 0 saturated carbocycles. The number of carbonyl (C=O) groups is 3. The van der Waals surface area contributed by atoms with Crippen LogP contribution in [0, 0.1) is 18.6 Å². The molecule has 0 aliphatic carbocycles. The minimum Gasteiger partial charge on any atom is -0.497 e. The van der Waals surface area contributed by atoms with Crippen molar-refractivity contribution in [3.63, 3.8) is 0 Å². The molecule has 0 heterocycles. The van der Waals surface area contributed by atoms with Crippen molar-refractivity contribution in [3.8, 4) is 33.8 Å². The molecule has 4 rings (SSSR count). The summed E-state index contributed by atoms with van der Waals surface area (Å²) in [5.74, 6) is -2.25. The Kier molecular flexibility index (Phi) is 10.3. The summed E-state index contributed by atoms with van der Waals surface area (Å²) >= 11 is 0. The normalized spacial score (nSPS) is 10.2. The molecule has 0 aliphatic rings. The first kappa shape index (κ1) is 31.3. The van der Waals surface area contributed by atoms with Gasteiger partial charge in [-0.3, -0.25) is 0 Å². The molecule has 4 aromatic rings. The SMILES string of the molecule is COC(=O)c1cc(C(=O)O)ccc1-c1cc(OC)ccc1F.COC(=O)c1ccc(-c2cc(OC)ccc2F)c(C)c1. The average molecular weight is 579 g/mol. The number of esters is 2. The number of carboxylic acids is 1. The van der Waals surface area contributed by atoms with E-state index in [0.717, 1.165) is 11.6 Å². The van der Waals surface area contributed by atoms with Gasteiger partial charge < -0.3 is 24.1 Å². The highest BCUT2D eigenvalue weighted by molar-refractivity contribution is 6.00. The molecule has 0 aliphatic heterocycles. The summed E-state index contributed by atoms with van der Waals surface area (Å²) in [6.45, 7) is 1.82. The van der Waals surface area contributed by atoms with Crippen LogP contribution in [0.5, 0.6) is 11.5 Å². The van der Waals surface area contributed by atoms with Crippen LogP contribution < -0.4 is 9.47 Å². The smallest absolute Gasteiger partial charge is 0.338 e. The zero-order chi connectivity index (χ0) is 31.0. The first-order valence-electron chi connectivity index (χ1n) is 12.4. The highest BCUT2D eigenvalue weighted by atomic mass is 19.1. The molecule has 0 aromatic heterocycles.